The van der Waals surface area contributed by atoms with Crippen molar-refractivity contribution < 1.29 is 28.8 Å². The van der Waals surface area contributed by atoms with Gasteiger partial charge in [-0.15, -0.1) is 0 Å². The van der Waals surface area contributed by atoms with E-state index in [4.69, 9.17) is 0 Å². The molecule has 0 saturated carbocycles. The summed E-state index contributed by atoms with van der Waals surface area (Å²) in [4.78, 5) is 61.2. The first kappa shape index (κ1) is 30.2. The summed E-state index contributed by atoms with van der Waals surface area (Å²) in [6.45, 7) is 8.55. The Hall–Kier alpha value is -1.58. The van der Waals surface area contributed by atoms with E-state index >= 15 is 0 Å². The van der Waals surface area contributed by atoms with Gasteiger partial charge in [0.25, 0.3) is 0 Å². The van der Waals surface area contributed by atoms with Gasteiger partial charge in [-0.05, 0) is 0 Å². The number of hydrogen-bond donors (Lipinski definition) is 6. The highest BCUT2D eigenvalue weighted by Gasteiger charge is 1.98. The van der Waals surface area contributed by atoms with Crippen molar-refractivity contribution in [1.82, 2.24) is 25.8 Å². The fourth-order valence-corrected chi connectivity index (χ4v) is 2.64. The molecule has 0 radical (unpaired) electrons. The lowest BCUT2D eigenvalue weighted by Gasteiger charge is -1.96. The molecule has 12 nitrogen and oxygen atoms in total. The van der Waals surface area contributed by atoms with Crippen molar-refractivity contribution in [1.29, 1.82) is 0 Å². The molecule has 15 heteroatoms. The molecule has 0 atom stereocenters. The third kappa shape index (κ3) is 45.5. The largest absolute Gasteiger partial charge is 0.548 e. The monoisotopic (exact) mass is 432 g/mol. The second-order valence-electron chi connectivity index (χ2n) is 4.93. The van der Waals surface area contributed by atoms with Crippen LogP contribution in [0.25, 0.3) is 0 Å². The Kier molecular flexibility index (Phi) is 23.1. The third-order valence-corrected chi connectivity index (χ3v) is 6.07. The van der Waals surface area contributed by atoms with Gasteiger partial charge in [0.15, 0.2) is 35.4 Å². The lowest BCUT2D eigenvalue weighted by Crippen LogP contribution is -2.38. The van der Waals surface area contributed by atoms with Gasteiger partial charge in [-0.25, -0.2) is 0 Å². The zero-order valence-corrected chi connectivity index (χ0v) is 20.8. The van der Waals surface area contributed by atoms with E-state index in [0.717, 1.165) is 0 Å². The molecule has 0 fully saturated rings. The van der Waals surface area contributed by atoms with Gasteiger partial charge in [0.05, 0.1) is 0 Å². The van der Waals surface area contributed by atoms with Crippen molar-refractivity contribution in [3.8, 4) is 0 Å². The van der Waals surface area contributed by atoms with Gasteiger partial charge in [0.1, 0.15) is 0 Å². The fourth-order valence-electron chi connectivity index (χ4n) is 0.879. The number of carbonyl (C=O) groups is 6. The molecule has 0 aromatic carbocycles. The Morgan fingerprint density at radius 2 is 0.481 bits per heavy atom. The first-order valence-corrected chi connectivity index (χ1v) is 12.1. The topological polar surface area (TPSA) is 175 Å². The average Bonchev–Trinajstić information content (AvgIpc) is 2.46. The lowest BCUT2D eigenvalue weighted by molar-refractivity contribution is -0.119. The van der Waals surface area contributed by atoms with Crippen LogP contribution in [0, 0.1) is 0 Å². The van der Waals surface area contributed by atoms with E-state index in [9.17, 15) is 28.8 Å². The van der Waals surface area contributed by atoms with Crippen LogP contribution in [0.2, 0.25) is 0 Å². The average molecular weight is 432 g/mol. The first-order valence-electron chi connectivity index (χ1n) is 7.85. The van der Waals surface area contributed by atoms with E-state index in [2.05, 4.69) is 25.8 Å². The highest BCUT2D eigenvalue weighted by atomic mass is 27.1. The molecular formula is C12H27Al3N6O6. The zero-order valence-electron chi connectivity index (χ0n) is 16.6. The molecule has 0 saturated heterocycles. The van der Waals surface area contributed by atoms with Crippen molar-refractivity contribution in [2.75, 3.05) is 0 Å². The molecule has 0 spiro atoms. The molecule has 0 unspecified atom stereocenters. The normalized spacial score (nSPS) is 7.78. The zero-order chi connectivity index (χ0) is 21.8. The molecule has 6 N–H and O–H groups in total. The summed E-state index contributed by atoms with van der Waals surface area (Å²) >= 11 is -2.65. The van der Waals surface area contributed by atoms with E-state index in [-0.39, 0.29) is 35.4 Å². The van der Waals surface area contributed by atoms with Crippen LogP contribution >= 0.6 is 0 Å². The highest BCUT2D eigenvalue weighted by Crippen LogP contribution is 1.57. The third-order valence-electron chi connectivity index (χ3n) is 2.02. The van der Waals surface area contributed by atoms with E-state index in [1.807, 2.05) is 0 Å². The molecule has 0 bridgehead atoms. The van der Waals surface area contributed by atoms with E-state index in [0.29, 0.717) is 0 Å². The highest BCUT2D eigenvalue weighted by molar-refractivity contribution is 6.38. The van der Waals surface area contributed by atoms with Crippen LogP contribution in [-0.4, -0.2) is 82.4 Å². The molecule has 0 aliphatic carbocycles. The summed E-state index contributed by atoms with van der Waals surface area (Å²) in [6, 6.07) is 0. The lowest BCUT2D eigenvalue weighted by atomic mass is 10.8. The van der Waals surface area contributed by atoms with Crippen molar-refractivity contribution in [3.05, 3.63) is 0 Å². The Morgan fingerprint density at radius 1 is 0.370 bits per heavy atom. The molecule has 0 heterocycles. The number of carbonyl (C=O) groups excluding carboxylic acids is 6. The van der Waals surface area contributed by atoms with Crippen LogP contribution in [-0.2, 0) is 28.8 Å². The van der Waals surface area contributed by atoms with Gasteiger partial charge < -0.3 is 25.8 Å². The quantitative estimate of drug-likeness (QED) is 0.231. The van der Waals surface area contributed by atoms with Gasteiger partial charge in [0, 0.05) is 41.5 Å². The fraction of sp³-hybridized carbons (Fsp3) is 0.500. The molecular weight excluding hydrogens is 405 g/mol. The van der Waals surface area contributed by atoms with Gasteiger partial charge in [-0.2, -0.15) is 0 Å². The standard InChI is InChI=1S/6C2H5NO.3Al.3H/c6*1-2(3)4;;;;;;/h6*1H3,(H2,3,4);;;;;;/q;;;;;;3*+2;;;/p-6. The Morgan fingerprint density at radius 3 is 0.556 bits per heavy atom. The second kappa shape index (κ2) is 20.7. The Balaban J connectivity index is -0.000000320. The first-order chi connectivity index (χ1) is 12.4. The van der Waals surface area contributed by atoms with E-state index in [1.165, 1.54) is 41.5 Å². The molecule has 0 aliphatic heterocycles. The minimum Gasteiger partial charge on any atom is -0.431 e. The van der Waals surface area contributed by atoms with Crippen LogP contribution < -0.4 is 25.8 Å². The SMILES string of the molecule is CC(=O)[NH][AlH][NH]C(C)=O.CC(=O)[NH][AlH][NH]C(C)=O.CC(=O)[NH][AlH][NH]C(C)=O. The molecule has 0 aliphatic rings. The van der Waals surface area contributed by atoms with Gasteiger partial charge in [-0.1, -0.05) is 0 Å². The summed E-state index contributed by atoms with van der Waals surface area (Å²) in [5, 5.41) is 0. The van der Waals surface area contributed by atoms with E-state index in [1.54, 1.807) is 0 Å². The number of nitrogens with one attached hydrogen (secondary N) is 6. The van der Waals surface area contributed by atoms with Crippen molar-refractivity contribution in [2.24, 2.45) is 0 Å². The predicted molar refractivity (Wildman–Crippen MR) is 104 cm³/mol. The minimum absolute atomic E-state index is 0.0876. The van der Waals surface area contributed by atoms with Crippen LogP contribution in [0.3, 0.4) is 0 Å². The summed E-state index contributed by atoms with van der Waals surface area (Å²) in [7, 11) is 0. The summed E-state index contributed by atoms with van der Waals surface area (Å²) < 4.78 is 15.3. The molecule has 0 rings (SSSR count). The molecule has 6 amide bonds. The van der Waals surface area contributed by atoms with Crippen LogP contribution in [0.4, 0.5) is 0 Å². The minimum atomic E-state index is -0.883. The summed E-state index contributed by atoms with van der Waals surface area (Å²) in [5.41, 5.74) is 0. The van der Waals surface area contributed by atoms with Crippen LogP contribution in [0.5, 0.6) is 0 Å². The van der Waals surface area contributed by atoms with Gasteiger partial charge in [0.2, 0.25) is 0 Å². The maximum atomic E-state index is 10.2. The summed E-state index contributed by atoms with van der Waals surface area (Å²) in [5.74, 6) is -0.525. The Bertz CT molecular complexity index is 407. The van der Waals surface area contributed by atoms with Gasteiger partial charge in [-0.3, -0.25) is 28.8 Å². The number of rotatable bonds is 6. The second-order valence-corrected chi connectivity index (χ2v) is 8.11. The molecule has 0 aromatic heterocycles. The maximum Gasteiger partial charge on any atom is 0.548 e. The van der Waals surface area contributed by atoms with E-state index < -0.39 is 47.0 Å². The predicted octanol–water partition coefficient (Wildman–Crippen LogP) is -4.42. The van der Waals surface area contributed by atoms with Crippen molar-refractivity contribution >= 4 is 82.4 Å². The molecule has 27 heavy (non-hydrogen) atoms. The van der Waals surface area contributed by atoms with Crippen LogP contribution in [0.1, 0.15) is 41.5 Å². The Labute approximate surface area is 178 Å². The van der Waals surface area contributed by atoms with Gasteiger partial charge >= 0.3 is 47.0 Å². The smallest absolute Gasteiger partial charge is 0.431 e. The maximum absolute atomic E-state index is 10.2. The van der Waals surface area contributed by atoms with Crippen molar-refractivity contribution in [3.63, 3.8) is 0 Å². The number of amides is 6. The molecule has 150 valence electrons. The molecule has 0 aromatic rings. The summed E-state index contributed by atoms with van der Waals surface area (Å²) in [6.07, 6.45) is 0. The number of hydrogen-bond acceptors (Lipinski definition) is 6. The van der Waals surface area contributed by atoms with Crippen molar-refractivity contribution in [2.45, 2.75) is 41.5 Å². The van der Waals surface area contributed by atoms with Crippen LogP contribution in [0.15, 0.2) is 0 Å².